The fourth-order valence-electron chi connectivity index (χ4n) is 0.472. The van der Waals surface area contributed by atoms with Crippen LogP contribution in [0, 0.1) is 0 Å². The number of hydrogen-bond donors (Lipinski definition) is 2. The summed E-state index contributed by atoms with van der Waals surface area (Å²) in [6.45, 7) is 2.70. The van der Waals surface area contributed by atoms with Crippen LogP contribution in [-0.4, -0.2) is 29.9 Å². The Hall–Kier alpha value is 0.270. The predicted molar refractivity (Wildman–Crippen MR) is 42.7 cm³/mol. The van der Waals surface area contributed by atoms with Crippen molar-refractivity contribution in [2.45, 2.75) is 19.4 Å². The average Bonchev–Trinajstić information content (AvgIpc) is 1.89. The van der Waals surface area contributed by atoms with Gasteiger partial charge in [0.2, 0.25) is 0 Å². The molecule has 0 radical (unpaired) electrons. The summed E-state index contributed by atoms with van der Waals surface area (Å²) in [5.74, 6) is 0.928. The van der Waals surface area contributed by atoms with Crippen molar-refractivity contribution in [2.75, 3.05) is 18.7 Å². The van der Waals surface area contributed by atoms with Crippen LogP contribution in [0.3, 0.4) is 0 Å². The zero-order valence-electron chi connectivity index (χ0n) is 6.05. The van der Waals surface area contributed by atoms with E-state index >= 15 is 0 Å². The molecule has 0 heterocycles. The van der Waals surface area contributed by atoms with E-state index in [9.17, 15) is 0 Å². The first kappa shape index (κ1) is 9.27. The molecule has 56 valence electrons. The second kappa shape index (κ2) is 6.39. The van der Waals surface area contributed by atoms with Gasteiger partial charge in [-0.15, -0.1) is 11.8 Å². The molecule has 0 aromatic rings. The molecule has 1 atom stereocenters. The lowest BCUT2D eigenvalue weighted by atomic mass is 10.3. The van der Waals surface area contributed by atoms with Gasteiger partial charge >= 0.3 is 0 Å². The van der Waals surface area contributed by atoms with Crippen LogP contribution in [0.1, 0.15) is 13.3 Å². The van der Waals surface area contributed by atoms with Crippen molar-refractivity contribution in [3.8, 4) is 0 Å². The number of aliphatic hydroxyl groups excluding tert-OH is 1. The molecule has 1 unspecified atom stereocenters. The molecular weight excluding hydrogens is 134 g/mol. The molecule has 0 saturated carbocycles. The standard InChI is InChI=1S/C6H15NOS/c1-3-6(8)4-7-5-9-2/h6-8H,3-5H2,1-2H3. The molecule has 2 N–H and O–H groups in total. The lowest BCUT2D eigenvalue weighted by molar-refractivity contribution is 0.170. The number of rotatable bonds is 5. The van der Waals surface area contributed by atoms with Gasteiger partial charge in [0, 0.05) is 12.4 Å². The van der Waals surface area contributed by atoms with E-state index in [0.29, 0.717) is 0 Å². The maximum Gasteiger partial charge on any atom is 0.0662 e. The molecule has 0 aromatic heterocycles. The minimum atomic E-state index is -0.169. The molecule has 0 aliphatic heterocycles. The Morgan fingerprint density at radius 3 is 2.78 bits per heavy atom. The molecule has 0 aliphatic carbocycles. The van der Waals surface area contributed by atoms with Gasteiger partial charge in [-0.2, -0.15) is 0 Å². The first-order valence-corrected chi connectivity index (χ1v) is 4.58. The Morgan fingerprint density at radius 2 is 2.33 bits per heavy atom. The first-order valence-electron chi connectivity index (χ1n) is 3.19. The molecule has 9 heavy (non-hydrogen) atoms. The van der Waals surface area contributed by atoms with E-state index in [1.54, 1.807) is 11.8 Å². The van der Waals surface area contributed by atoms with Crippen molar-refractivity contribution < 1.29 is 5.11 Å². The zero-order chi connectivity index (χ0) is 7.11. The Balaban J connectivity index is 2.88. The van der Waals surface area contributed by atoms with Crippen LogP contribution in [0.15, 0.2) is 0 Å². The predicted octanol–water partition coefficient (Wildman–Crippen LogP) is 0.667. The van der Waals surface area contributed by atoms with Gasteiger partial charge in [0.1, 0.15) is 0 Å². The quantitative estimate of drug-likeness (QED) is 0.445. The van der Waals surface area contributed by atoms with Crippen molar-refractivity contribution >= 4 is 11.8 Å². The summed E-state index contributed by atoms with van der Waals surface area (Å²) < 4.78 is 0. The average molecular weight is 149 g/mol. The second-order valence-corrected chi connectivity index (χ2v) is 2.82. The third-order valence-electron chi connectivity index (χ3n) is 1.10. The summed E-state index contributed by atoms with van der Waals surface area (Å²) in [5.41, 5.74) is 0. The van der Waals surface area contributed by atoms with Gasteiger partial charge in [0.05, 0.1) is 6.10 Å². The molecule has 2 nitrogen and oxygen atoms in total. The van der Waals surface area contributed by atoms with E-state index in [-0.39, 0.29) is 6.10 Å². The molecule has 0 amide bonds. The maximum atomic E-state index is 9.01. The van der Waals surface area contributed by atoms with Crippen LogP contribution in [0.5, 0.6) is 0 Å². The largest absolute Gasteiger partial charge is 0.392 e. The highest BCUT2D eigenvalue weighted by atomic mass is 32.2. The van der Waals surface area contributed by atoms with Crippen LogP contribution >= 0.6 is 11.8 Å². The Kier molecular flexibility index (Phi) is 6.58. The van der Waals surface area contributed by atoms with Gasteiger partial charge < -0.3 is 10.4 Å². The summed E-state index contributed by atoms with van der Waals surface area (Å²) in [7, 11) is 0. The van der Waals surface area contributed by atoms with Crippen LogP contribution in [0.4, 0.5) is 0 Å². The van der Waals surface area contributed by atoms with Gasteiger partial charge in [-0.05, 0) is 12.7 Å². The molecule has 3 heteroatoms. The molecule has 0 aromatic carbocycles. The fraction of sp³-hybridized carbons (Fsp3) is 1.00. The maximum absolute atomic E-state index is 9.01. The van der Waals surface area contributed by atoms with Crippen LogP contribution in [0.2, 0.25) is 0 Å². The Labute approximate surface area is 61.0 Å². The molecule has 0 bridgehead atoms. The Morgan fingerprint density at radius 1 is 1.67 bits per heavy atom. The van der Waals surface area contributed by atoms with Crippen LogP contribution < -0.4 is 5.32 Å². The molecular formula is C6H15NOS. The lowest BCUT2D eigenvalue weighted by Crippen LogP contribution is -2.25. The monoisotopic (exact) mass is 149 g/mol. The van der Waals surface area contributed by atoms with E-state index in [0.717, 1.165) is 18.8 Å². The van der Waals surface area contributed by atoms with Crippen LogP contribution in [-0.2, 0) is 0 Å². The van der Waals surface area contributed by atoms with Crippen LogP contribution in [0.25, 0.3) is 0 Å². The normalized spacial score (nSPS) is 13.7. The summed E-state index contributed by atoms with van der Waals surface area (Å²) >= 11 is 1.73. The highest BCUT2D eigenvalue weighted by Crippen LogP contribution is 1.89. The minimum absolute atomic E-state index is 0.169. The highest BCUT2D eigenvalue weighted by molar-refractivity contribution is 7.98. The van der Waals surface area contributed by atoms with E-state index in [1.165, 1.54) is 0 Å². The summed E-state index contributed by atoms with van der Waals surface area (Å²) in [6.07, 6.45) is 2.70. The summed E-state index contributed by atoms with van der Waals surface area (Å²) in [5, 5.41) is 12.1. The number of hydrogen-bond acceptors (Lipinski definition) is 3. The molecule has 0 rings (SSSR count). The topological polar surface area (TPSA) is 32.3 Å². The molecule has 0 aliphatic rings. The van der Waals surface area contributed by atoms with E-state index in [2.05, 4.69) is 5.32 Å². The number of aliphatic hydroxyl groups is 1. The molecule has 0 fully saturated rings. The van der Waals surface area contributed by atoms with Crippen molar-refractivity contribution in [1.29, 1.82) is 0 Å². The molecule has 0 saturated heterocycles. The minimum Gasteiger partial charge on any atom is -0.392 e. The summed E-state index contributed by atoms with van der Waals surface area (Å²) in [4.78, 5) is 0. The first-order chi connectivity index (χ1) is 4.31. The fourth-order valence-corrected chi connectivity index (χ4v) is 0.794. The zero-order valence-corrected chi connectivity index (χ0v) is 6.87. The lowest BCUT2D eigenvalue weighted by Gasteiger charge is -2.06. The summed E-state index contributed by atoms with van der Waals surface area (Å²) in [6, 6.07) is 0. The second-order valence-electron chi connectivity index (χ2n) is 1.95. The highest BCUT2D eigenvalue weighted by Gasteiger charge is 1.96. The van der Waals surface area contributed by atoms with Gasteiger partial charge in [0.25, 0.3) is 0 Å². The SMILES string of the molecule is CCC(O)CNCSC. The van der Waals surface area contributed by atoms with E-state index < -0.39 is 0 Å². The third-order valence-corrected chi connectivity index (χ3v) is 1.59. The smallest absolute Gasteiger partial charge is 0.0662 e. The number of thioether (sulfide) groups is 1. The van der Waals surface area contributed by atoms with Gasteiger partial charge in [0.15, 0.2) is 0 Å². The van der Waals surface area contributed by atoms with Gasteiger partial charge in [-0.3, -0.25) is 0 Å². The van der Waals surface area contributed by atoms with E-state index in [1.807, 2.05) is 13.2 Å². The number of nitrogens with one attached hydrogen (secondary N) is 1. The van der Waals surface area contributed by atoms with E-state index in [4.69, 9.17) is 5.11 Å². The van der Waals surface area contributed by atoms with Crippen molar-refractivity contribution in [3.63, 3.8) is 0 Å². The van der Waals surface area contributed by atoms with Crippen molar-refractivity contribution in [1.82, 2.24) is 5.32 Å². The Bertz CT molecular complexity index is 61.0. The third kappa shape index (κ3) is 6.15. The van der Waals surface area contributed by atoms with Gasteiger partial charge in [-0.25, -0.2) is 0 Å². The molecule has 0 spiro atoms. The van der Waals surface area contributed by atoms with Crippen molar-refractivity contribution in [2.24, 2.45) is 0 Å². The van der Waals surface area contributed by atoms with Gasteiger partial charge in [-0.1, -0.05) is 6.92 Å². The van der Waals surface area contributed by atoms with Crippen molar-refractivity contribution in [3.05, 3.63) is 0 Å².